The Hall–Kier alpha value is -1.40. The van der Waals surface area contributed by atoms with E-state index >= 15 is 0 Å². The molecule has 2 aromatic heterocycles. The van der Waals surface area contributed by atoms with Crippen LogP contribution in [-0.2, 0) is 14.3 Å². The van der Waals surface area contributed by atoms with Crippen LogP contribution in [0.5, 0.6) is 0 Å². The second kappa shape index (κ2) is 10.0. The summed E-state index contributed by atoms with van der Waals surface area (Å²) < 4.78 is 21.5. The first-order valence-electron chi connectivity index (χ1n) is 10.9. The van der Waals surface area contributed by atoms with Crippen LogP contribution in [0.15, 0.2) is 12.7 Å². The summed E-state index contributed by atoms with van der Waals surface area (Å²) in [7, 11) is 3.49. The van der Waals surface area contributed by atoms with Crippen molar-refractivity contribution in [3.63, 3.8) is 0 Å². The molecule has 1 fully saturated rings. The number of aliphatic hydroxyl groups is 1. The van der Waals surface area contributed by atoms with Gasteiger partial charge < -0.3 is 19.9 Å². The summed E-state index contributed by atoms with van der Waals surface area (Å²) in [4.78, 5) is 25.0. The second-order valence-electron chi connectivity index (χ2n) is 8.60. The summed E-state index contributed by atoms with van der Waals surface area (Å²) in [6.07, 6.45) is -0.117. The summed E-state index contributed by atoms with van der Waals surface area (Å²) in [5.41, 5.74) is 0.873. The molecule has 0 spiro atoms. The highest BCUT2D eigenvalue weighted by Gasteiger charge is 2.44. The third-order valence-corrected chi connectivity index (χ3v) is 7.80. The number of anilines is 1. The number of ether oxygens (including phenoxy) is 2. The van der Waals surface area contributed by atoms with E-state index in [-0.39, 0.29) is 23.5 Å². The maximum absolute atomic E-state index is 12.1. The number of imidazole rings is 1. The lowest BCUT2D eigenvalue weighted by atomic mass is 10.1. The van der Waals surface area contributed by atoms with Crippen molar-refractivity contribution >= 4 is 44.5 Å². The Kier molecular flexibility index (Phi) is 7.37. The largest absolute Gasteiger partial charge is 0.388 e. The minimum Gasteiger partial charge on any atom is -0.388 e. The standard InChI is InChI=1S/C20H31N5O4S2/c1-11(2)18(27)24-16-13-17(22-9-21-16)25(10-23-13)19-15(14(26)12(3)29-19)28-7-8-30-31-20(4,5)6/h9-12,14-15,19,26H,7-8H2,1-6H3,(H,21,22,24,27)/i3D. The van der Waals surface area contributed by atoms with E-state index in [9.17, 15) is 9.90 Å². The second-order valence-corrected chi connectivity index (χ2v) is 11.8. The van der Waals surface area contributed by atoms with E-state index in [0.29, 0.717) is 23.6 Å². The van der Waals surface area contributed by atoms with Crippen molar-refractivity contribution in [3.8, 4) is 0 Å². The molecule has 172 valence electrons. The van der Waals surface area contributed by atoms with Crippen LogP contribution in [0.3, 0.4) is 0 Å². The molecule has 2 N–H and O–H groups in total. The van der Waals surface area contributed by atoms with Crippen LogP contribution in [0, 0.1) is 5.92 Å². The minimum absolute atomic E-state index is 0.0938. The van der Waals surface area contributed by atoms with Gasteiger partial charge in [-0.3, -0.25) is 9.36 Å². The molecule has 3 heterocycles. The molecule has 0 bridgehead atoms. The lowest BCUT2D eigenvalue weighted by Crippen LogP contribution is -2.34. The Morgan fingerprint density at radius 2 is 2.19 bits per heavy atom. The third-order valence-electron chi connectivity index (χ3n) is 4.50. The van der Waals surface area contributed by atoms with E-state index in [1.54, 1.807) is 40.0 Å². The number of hydrogen-bond acceptors (Lipinski definition) is 9. The van der Waals surface area contributed by atoms with Gasteiger partial charge in [0.1, 0.15) is 18.5 Å². The van der Waals surface area contributed by atoms with Crippen molar-refractivity contribution in [1.82, 2.24) is 19.5 Å². The fraction of sp³-hybridized carbons (Fsp3) is 0.700. The van der Waals surface area contributed by atoms with Gasteiger partial charge in [-0.05, 0) is 6.90 Å². The number of carbonyl (C=O) groups is 1. The number of nitrogens with zero attached hydrogens (tertiary/aromatic N) is 4. The van der Waals surface area contributed by atoms with Crippen LogP contribution in [-0.4, -0.2) is 66.0 Å². The molecular formula is C20H31N5O4S2. The maximum atomic E-state index is 12.1. The third kappa shape index (κ3) is 5.89. The first-order valence-corrected chi connectivity index (χ1v) is 12.5. The molecule has 31 heavy (non-hydrogen) atoms. The van der Waals surface area contributed by atoms with Crippen LogP contribution >= 0.6 is 21.6 Å². The zero-order valence-electron chi connectivity index (χ0n) is 19.4. The normalized spacial score (nSPS) is 24.7. The number of aromatic nitrogens is 4. The number of hydrogen-bond donors (Lipinski definition) is 2. The molecular weight excluding hydrogens is 438 g/mol. The summed E-state index contributed by atoms with van der Waals surface area (Å²) in [6, 6.07) is 0. The maximum Gasteiger partial charge on any atom is 0.228 e. The van der Waals surface area contributed by atoms with E-state index in [2.05, 4.69) is 41.0 Å². The molecule has 1 amide bonds. The van der Waals surface area contributed by atoms with E-state index < -0.39 is 24.5 Å². The molecule has 1 aliphatic rings. The number of fused-ring (bicyclic) bond motifs is 1. The van der Waals surface area contributed by atoms with Gasteiger partial charge in [0.2, 0.25) is 5.91 Å². The molecule has 4 atom stereocenters. The zero-order valence-corrected chi connectivity index (χ0v) is 20.1. The van der Waals surface area contributed by atoms with Crippen molar-refractivity contribution in [1.29, 1.82) is 0 Å². The molecule has 1 aliphatic heterocycles. The van der Waals surface area contributed by atoms with Gasteiger partial charge in [0, 0.05) is 17.8 Å². The predicted octanol–water partition coefficient (Wildman–Crippen LogP) is 3.26. The number of amides is 1. The number of nitrogens with one attached hydrogen (secondary N) is 1. The zero-order chi connectivity index (χ0) is 23.5. The van der Waals surface area contributed by atoms with Crippen LogP contribution < -0.4 is 5.32 Å². The Balaban J connectivity index is 1.78. The lowest BCUT2D eigenvalue weighted by molar-refractivity contribution is -0.118. The van der Waals surface area contributed by atoms with E-state index in [4.69, 9.17) is 10.8 Å². The Morgan fingerprint density at radius 3 is 2.87 bits per heavy atom. The highest BCUT2D eigenvalue weighted by atomic mass is 33.1. The fourth-order valence-electron chi connectivity index (χ4n) is 2.95. The summed E-state index contributed by atoms with van der Waals surface area (Å²) in [6.45, 7) is 10.4. The molecule has 3 rings (SSSR count). The molecule has 2 aromatic rings. The summed E-state index contributed by atoms with van der Waals surface area (Å²) in [5, 5.41) is 13.5. The van der Waals surface area contributed by atoms with Crippen molar-refractivity contribution in [2.45, 2.75) is 70.8 Å². The molecule has 1 saturated heterocycles. The molecule has 0 saturated carbocycles. The molecule has 4 unspecified atom stereocenters. The van der Waals surface area contributed by atoms with E-state index in [1.807, 2.05) is 0 Å². The first kappa shape index (κ1) is 22.8. The quantitative estimate of drug-likeness (QED) is 0.443. The number of carbonyl (C=O) groups excluding carboxylic acids is 1. The van der Waals surface area contributed by atoms with E-state index in [0.717, 1.165) is 5.75 Å². The Bertz CT molecular complexity index is 923. The van der Waals surface area contributed by atoms with Crippen LogP contribution in [0.4, 0.5) is 5.82 Å². The molecule has 0 radical (unpaired) electrons. The van der Waals surface area contributed by atoms with Gasteiger partial charge >= 0.3 is 0 Å². The molecule has 0 aromatic carbocycles. The fourth-order valence-corrected chi connectivity index (χ4v) is 5.07. The summed E-state index contributed by atoms with van der Waals surface area (Å²) >= 11 is 0. The smallest absolute Gasteiger partial charge is 0.228 e. The molecule has 0 aliphatic carbocycles. The van der Waals surface area contributed by atoms with Gasteiger partial charge in [0.25, 0.3) is 0 Å². The highest BCUT2D eigenvalue weighted by molar-refractivity contribution is 8.77. The first-order chi connectivity index (χ1) is 15.1. The van der Waals surface area contributed by atoms with Crippen LogP contribution in [0.25, 0.3) is 11.2 Å². The lowest BCUT2D eigenvalue weighted by Gasteiger charge is -2.22. The van der Waals surface area contributed by atoms with Gasteiger partial charge in [-0.25, -0.2) is 15.0 Å². The van der Waals surface area contributed by atoms with Gasteiger partial charge in [0.05, 0.1) is 19.0 Å². The number of rotatable bonds is 8. The number of aliphatic hydroxyl groups excluding tert-OH is 1. The Labute approximate surface area is 191 Å². The van der Waals surface area contributed by atoms with Crippen molar-refractivity contribution in [2.24, 2.45) is 5.92 Å². The monoisotopic (exact) mass is 470 g/mol. The van der Waals surface area contributed by atoms with Gasteiger partial charge in [-0.1, -0.05) is 56.2 Å². The Morgan fingerprint density at radius 1 is 1.42 bits per heavy atom. The van der Waals surface area contributed by atoms with Crippen molar-refractivity contribution in [3.05, 3.63) is 12.7 Å². The van der Waals surface area contributed by atoms with Crippen LogP contribution in [0.2, 0.25) is 0 Å². The van der Waals surface area contributed by atoms with Crippen LogP contribution in [0.1, 0.15) is 49.1 Å². The van der Waals surface area contributed by atoms with Gasteiger partial charge in [0.15, 0.2) is 23.2 Å². The van der Waals surface area contributed by atoms with E-state index in [1.165, 1.54) is 12.7 Å². The topological polar surface area (TPSA) is 111 Å². The SMILES string of the molecule is [2H]CC1OC(n2cnc3c(NC(=O)C(C)C)ncnc32)C(OCCSSC(C)(C)C)C1O. The minimum atomic E-state index is -0.947. The molecule has 11 heteroatoms. The average molecular weight is 471 g/mol. The highest BCUT2D eigenvalue weighted by Crippen LogP contribution is 2.36. The predicted molar refractivity (Wildman–Crippen MR) is 124 cm³/mol. The van der Waals surface area contributed by atoms with Crippen molar-refractivity contribution < 1.29 is 20.7 Å². The average Bonchev–Trinajstić information content (AvgIpc) is 3.28. The van der Waals surface area contributed by atoms with Gasteiger partial charge in [-0.15, -0.1) is 0 Å². The van der Waals surface area contributed by atoms with Crippen molar-refractivity contribution in [2.75, 3.05) is 17.7 Å². The van der Waals surface area contributed by atoms with Gasteiger partial charge in [-0.2, -0.15) is 0 Å². The molecule has 9 nitrogen and oxygen atoms in total. The summed E-state index contributed by atoms with van der Waals surface area (Å²) in [5.74, 6) is 0.686.